The van der Waals surface area contributed by atoms with E-state index >= 15 is 0 Å². The van der Waals surface area contributed by atoms with Gasteiger partial charge in [0, 0.05) is 30.1 Å². The molecular formula is C25H22N2O4. The molecule has 0 bridgehead atoms. The molecule has 0 aromatic heterocycles. The van der Waals surface area contributed by atoms with Gasteiger partial charge in [0.05, 0.1) is 0 Å². The molecule has 6 nitrogen and oxygen atoms in total. The van der Waals surface area contributed by atoms with Gasteiger partial charge in [-0.25, -0.2) is 4.79 Å². The zero-order chi connectivity index (χ0) is 21.4. The molecule has 6 heteroatoms. The maximum absolute atomic E-state index is 12.3. The third-order valence-electron chi connectivity index (χ3n) is 6.10. The monoisotopic (exact) mass is 414 g/mol. The van der Waals surface area contributed by atoms with E-state index in [-0.39, 0.29) is 25.5 Å². The molecule has 5 rings (SSSR count). The molecule has 0 saturated heterocycles. The number of hydrogen-bond donors (Lipinski definition) is 3. The maximum atomic E-state index is 12.3. The Hall–Kier alpha value is -3.64. The first-order valence-electron chi connectivity index (χ1n) is 10.3. The summed E-state index contributed by atoms with van der Waals surface area (Å²) in [5.41, 5.74) is 4.08. The molecule has 1 aliphatic heterocycles. The van der Waals surface area contributed by atoms with Crippen LogP contribution in [0.2, 0.25) is 0 Å². The van der Waals surface area contributed by atoms with Crippen LogP contribution in [0.3, 0.4) is 0 Å². The SMILES string of the molecule is O=C(NCCC1(O)C(=O)Nc2ccccc21)OCC1c2ccccc2-c2ccccc21. The third kappa shape index (κ3) is 3.25. The van der Waals surface area contributed by atoms with Crippen LogP contribution >= 0.6 is 0 Å². The fourth-order valence-corrected chi connectivity index (χ4v) is 4.54. The highest BCUT2D eigenvalue weighted by molar-refractivity contribution is 6.04. The van der Waals surface area contributed by atoms with Crippen LogP contribution in [0, 0.1) is 0 Å². The van der Waals surface area contributed by atoms with Crippen molar-refractivity contribution in [2.75, 3.05) is 18.5 Å². The summed E-state index contributed by atoms with van der Waals surface area (Å²) in [5.74, 6) is -0.502. The van der Waals surface area contributed by atoms with Crippen LogP contribution < -0.4 is 10.6 Å². The van der Waals surface area contributed by atoms with Gasteiger partial charge in [0.15, 0.2) is 5.60 Å². The van der Waals surface area contributed by atoms with Crippen molar-refractivity contribution >= 4 is 17.7 Å². The van der Waals surface area contributed by atoms with Crippen molar-refractivity contribution in [1.29, 1.82) is 0 Å². The summed E-state index contributed by atoms with van der Waals surface area (Å²) >= 11 is 0. The second-order valence-electron chi connectivity index (χ2n) is 7.86. The molecule has 2 amide bonds. The number of anilines is 1. The summed E-state index contributed by atoms with van der Waals surface area (Å²) in [7, 11) is 0. The number of benzene rings is 3. The van der Waals surface area contributed by atoms with E-state index in [9.17, 15) is 14.7 Å². The predicted molar refractivity (Wildman–Crippen MR) is 117 cm³/mol. The highest BCUT2D eigenvalue weighted by Gasteiger charge is 2.44. The molecule has 0 spiro atoms. The van der Waals surface area contributed by atoms with E-state index in [0.29, 0.717) is 11.3 Å². The molecule has 1 atom stereocenters. The second kappa shape index (κ2) is 7.56. The Morgan fingerprint density at radius 1 is 0.968 bits per heavy atom. The molecule has 1 heterocycles. The Morgan fingerprint density at radius 2 is 1.58 bits per heavy atom. The minimum atomic E-state index is -1.66. The first-order valence-corrected chi connectivity index (χ1v) is 10.3. The smallest absolute Gasteiger partial charge is 0.407 e. The van der Waals surface area contributed by atoms with Gasteiger partial charge in [0.2, 0.25) is 0 Å². The molecule has 156 valence electrons. The van der Waals surface area contributed by atoms with Crippen LogP contribution in [0.15, 0.2) is 72.8 Å². The number of nitrogens with one attached hydrogen (secondary N) is 2. The Morgan fingerprint density at radius 3 is 2.29 bits per heavy atom. The predicted octanol–water partition coefficient (Wildman–Crippen LogP) is 3.76. The van der Waals surface area contributed by atoms with Crippen LogP contribution in [-0.2, 0) is 15.1 Å². The molecule has 1 aliphatic carbocycles. The maximum Gasteiger partial charge on any atom is 0.407 e. The number of carbonyl (C=O) groups excluding carboxylic acids is 2. The lowest BCUT2D eigenvalue weighted by Crippen LogP contribution is -2.38. The number of amides is 2. The molecule has 31 heavy (non-hydrogen) atoms. The Kier molecular flexibility index (Phi) is 4.71. The number of aliphatic hydroxyl groups is 1. The number of ether oxygens (including phenoxy) is 1. The highest BCUT2D eigenvalue weighted by Crippen LogP contribution is 2.44. The molecule has 2 aliphatic rings. The minimum absolute atomic E-state index is 0.0187. The standard InChI is InChI=1S/C25H22N2O4/c28-23-25(30,21-11-5-6-12-22(21)27-23)13-14-26-24(29)31-15-20-18-9-3-1-7-16(18)17-8-2-4-10-19(17)20/h1-12,20,30H,13-15H2,(H,26,29)(H,27,28). The minimum Gasteiger partial charge on any atom is -0.449 e. The van der Waals surface area contributed by atoms with Crippen LogP contribution in [0.4, 0.5) is 10.5 Å². The van der Waals surface area contributed by atoms with Gasteiger partial charge in [0.25, 0.3) is 5.91 Å². The largest absolute Gasteiger partial charge is 0.449 e. The fraction of sp³-hybridized carbons (Fsp3) is 0.200. The number of fused-ring (bicyclic) bond motifs is 4. The molecule has 3 aromatic carbocycles. The molecule has 3 aromatic rings. The first-order chi connectivity index (χ1) is 15.1. The van der Waals surface area contributed by atoms with Gasteiger partial charge in [-0.05, 0) is 28.3 Å². The quantitative estimate of drug-likeness (QED) is 0.593. The van der Waals surface area contributed by atoms with Crippen molar-refractivity contribution in [3.8, 4) is 11.1 Å². The molecule has 3 N–H and O–H groups in total. The van der Waals surface area contributed by atoms with Crippen molar-refractivity contribution in [1.82, 2.24) is 5.32 Å². The van der Waals surface area contributed by atoms with E-state index in [4.69, 9.17) is 4.74 Å². The van der Waals surface area contributed by atoms with Crippen molar-refractivity contribution in [3.63, 3.8) is 0 Å². The summed E-state index contributed by atoms with van der Waals surface area (Å²) in [6.45, 7) is 0.322. The van der Waals surface area contributed by atoms with E-state index in [0.717, 1.165) is 11.1 Å². The summed E-state index contributed by atoms with van der Waals surface area (Å²) in [6.07, 6.45) is -0.516. The van der Waals surface area contributed by atoms with Crippen LogP contribution in [0.25, 0.3) is 11.1 Å². The van der Waals surface area contributed by atoms with Gasteiger partial charge in [0.1, 0.15) is 6.61 Å². The average molecular weight is 414 g/mol. The lowest BCUT2D eigenvalue weighted by atomic mass is 9.92. The lowest BCUT2D eigenvalue weighted by Gasteiger charge is -2.21. The van der Waals surface area contributed by atoms with Crippen molar-refractivity contribution in [2.24, 2.45) is 0 Å². The van der Waals surface area contributed by atoms with E-state index in [2.05, 4.69) is 34.9 Å². The average Bonchev–Trinajstić information content (AvgIpc) is 3.24. The zero-order valence-electron chi connectivity index (χ0n) is 16.8. The molecule has 0 saturated carbocycles. The van der Waals surface area contributed by atoms with Gasteiger partial charge in [-0.2, -0.15) is 0 Å². The Bertz CT molecular complexity index is 1130. The summed E-state index contributed by atoms with van der Waals surface area (Å²) in [6, 6.07) is 23.3. The number of carbonyl (C=O) groups is 2. The normalized spacial score (nSPS) is 18.7. The van der Waals surface area contributed by atoms with Gasteiger partial charge >= 0.3 is 6.09 Å². The molecule has 0 radical (unpaired) electrons. The summed E-state index contributed by atoms with van der Waals surface area (Å²) in [5, 5.41) is 16.2. The lowest BCUT2D eigenvalue weighted by molar-refractivity contribution is -0.134. The van der Waals surface area contributed by atoms with Gasteiger partial charge in [-0.15, -0.1) is 0 Å². The van der Waals surface area contributed by atoms with Gasteiger partial charge in [-0.1, -0.05) is 66.7 Å². The van der Waals surface area contributed by atoms with E-state index < -0.39 is 17.6 Å². The number of para-hydroxylation sites is 1. The van der Waals surface area contributed by atoms with E-state index in [1.54, 1.807) is 24.3 Å². The van der Waals surface area contributed by atoms with Gasteiger partial charge < -0.3 is 20.5 Å². The number of hydrogen-bond acceptors (Lipinski definition) is 4. The molecule has 0 fully saturated rings. The third-order valence-corrected chi connectivity index (χ3v) is 6.10. The van der Waals surface area contributed by atoms with Gasteiger partial charge in [-0.3, -0.25) is 4.79 Å². The summed E-state index contributed by atoms with van der Waals surface area (Å²) < 4.78 is 5.50. The van der Waals surface area contributed by atoms with Crippen molar-refractivity contribution in [3.05, 3.63) is 89.5 Å². The van der Waals surface area contributed by atoms with Crippen molar-refractivity contribution in [2.45, 2.75) is 17.9 Å². The van der Waals surface area contributed by atoms with Crippen LogP contribution in [0.5, 0.6) is 0 Å². The molecule has 1 unspecified atom stereocenters. The zero-order valence-corrected chi connectivity index (χ0v) is 16.8. The fourth-order valence-electron chi connectivity index (χ4n) is 4.54. The first kappa shape index (κ1) is 19.3. The highest BCUT2D eigenvalue weighted by atomic mass is 16.5. The van der Waals surface area contributed by atoms with E-state index in [1.165, 1.54) is 11.1 Å². The summed E-state index contributed by atoms with van der Waals surface area (Å²) in [4.78, 5) is 24.6. The van der Waals surface area contributed by atoms with E-state index in [1.807, 2.05) is 24.3 Å². The number of rotatable bonds is 5. The Balaban J connectivity index is 1.21. The van der Waals surface area contributed by atoms with Crippen LogP contribution in [-0.4, -0.2) is 30.3 Å². The number of alkyl carbamates (subject to hydrolysis) is 1. The topological polar surface area (TPSA) is 87.7 Å². The van der Waals surface area contributed by atoms with Crippen LogP contribution in [0.1, 0.15) is 29.0 Å². The second-order valence-corrected chi connectivity index (χ2v) is 7.86. The molecular weight excluding hydrogens is 392 g/mol. The Labute approximate surface area is 179 Å². The van der Waals surface area contributed by atoms with Crippen molar-refractivity contribution < 1.29 is 19.4 Å².